The van der Waals surface area contributed by atoms with Crippen LogP contribution in [0.15, 0.2) is 34.2 Å². The molecule has 1 aliphatic heterocycles. The van der Waals surface area contributed by atoms with Crippen molar-refractivity contribution < 1.29 is 17.9 Å². The Labute approximate surface area is 257 Å². The summed E-state index contributed by atoms with van der Waals surface area (Å²) in [6.45, 7) is 10.8. The molecule has 0 radical (unpaired) electrons. The molecule has 15 heteroatoms. The van der Waals surface area contributed by atoms with Crippen molar-refractivity contribution in [2.75, 3.05) is 52.5 Å². The molecule has 0 aliphatic carbocycles. The maximum atomic E-state index is 13.8. The maximum Gasteiger partial charge on any atom is 0.279 e. The molecule has 1 fully saturated rings. The minimum Gasteiger partial charge on any atom is -0.493 e. The van der Waals surface area contributed by atoms with E-state index in [4.69, 9.17) is 14.5 Å². The maximum absolute atomic E-state index is 13.8. The molecule has 238 valence electrons. The molecule has 4 heterocycles. The van der Waals surface area contributed by atoms with Crippen molar-refractivity contribution in [3.05, 3.63) is 46.4 Å². The van der Waals surface area contributed by atoms with Gasteiger partial charge in [-0.25, -0.2) is 18.4 Å². The number of aryl methyl sites for hydroxylation is 2. The fourth-order valence-electron chi connectivity index (χ4n) is 5.28. The van der Waals surface area contributed by atoms with Gasteiger partial charge in [0.1, 0.15) is 35.8 Å². The lowest BCUT2D eigenvalue weighted by Gasteiger charge is -2.33. The molecule has 1 N–H and O–H groups in total. The number of rotatable bonds is 14. The predicted molar refractivity (Wildman–Crippen MR) is 165 cm³/mol. The lowest BCUT2D eigenvalue weighted by atomic mass is 10.1. The van der Waals surface area contributed by atoms with Crippen molar-refractivity contribution in [2.24, 2.45) is 7.05 Å². The van der Waals surface area contributed by atoms with E-state index in [1.807, 2.05) is 20.8 Å². The summed E-state index contributed by atoms with van der Waals surface area (Å²) >= 11 is 0. The third kappa shape index (κ3) is 6.70. The van der Waals surface area contributed by atoms with Crippen molar-refractivity contribution in [3.8, 4) is 17.1 Å². The number of nitrogens with one attached hydrogen (secondary N) is 1. The molecule has 1 aromatic carbocycles. The van der Waals surface area contributed by atoms with Crippen LogP contribution in [-0.2, 0) is 34.8 Å². The Morgan fingerprint density at radius 2 is 1.82 bits per heavy atom. The number of hydrogen-bond donors (Lipinski definition) is 1. The van der Waals surface area contributed by atoms with Gasteiger partial charge in [0.05, 0.1) is 29.4 Å². The first kappa shape index (κ1) is 31.8. The van der Waals surface area contributed by atoms with Gasteiger partial charge in [-0.15, -0.1) is 0 Å². The summed E-state index contributed by atoms with van der Waals surface area (Å²) in [5.74, 6) is 1.36. The van der Waals surface area contributed by atoms with Gasteiger partial charge in [0.25, 0.3) is 5.56 Å². The Morgan fingerprint density at radius 3 is 2.50 bits per heavy atom. The zero-order valence-electron chi connectivity index (χ0n) is 25.8. The first-order valence-electron chi connectivity index (χ1n) is 15.2. The molecule has 0 bridgehead atoms. The number of aromatic amines is 1. The number of nitrogens with zero attached hydrogens (tertiary/aromatic N) is 8. The van der Waals surface area contributed by atoms with Crippen LogP contribution in [0.3, 0.4) is 0 Å². The second-order valence-electron chi connectivity index (χ2n) is 10.7. The van der Waals surface area contributed by atoms with Crippen LogP contribution in [0.4, 0.5) is 0 Å². The zero-order valence-corrected chi connectivity index (χ0v) is 26.6. The Morgan fingerprint density at radius 1 is 1.02 bits per heavy atom. The SMILES string of the molecule is CCCOc1ccc(S(=O)(=O)N2CCN(CCOCC)CC2)cc1-c1nc2c(CCC)n(Cc3ncnn3C)nc2c(=O)[nH]1. The summed E-state index contributed by atoms with van der Waals surface area (Å²) in [6.07, 6.45) is 3.67. The van der Waals surface area contributed by atoms with Crippen LogP contribution >= 0.6 is 0 Å². The van der Waals surface area contributed by atoms with Gasteiger partial charge in [-0.3, -0.25) is 19.1 Å². The van der Waals surface area contributed by atoms with Crippen LogP contribution in [0.25, 0.3) is 22.4 Å². The van der Waals surface area contributed by atoms with Gasteiger partial charge in [0, 0.05) is 46.4 Å². The van der Waals surface area contributed by atoms with Gasteiger partial charge in [0.15, 0.2) is 5.52 Å². The van der Waals surface area contributed by atoms with Crippen LogP contribution in [0.1, 0.15) is 45.1 Å². The molecule has 0 unspecified atom stereocenters. The van der Waals surface area contributed by atoms with Gasteiger partial charge < -0.3 is 14.5 Å². The van der Waals surface area contributed by atoms with E-state index in [2.05, 4.69) is 25.1 Å². The second-order valence-corrected chi connectivity index (χ2v) is 12.7. The molecule has 3 aromatic heterocycles. The van der Waals surface area contributed by atoms with Crippen molar-refractivity contribution in [1.29, 1.82) is 0 Å². The van der Waals surface area contributed by atoms with Crippen LogP contribution in [0.2, 0.25) is 0 Å². The van der Waals surface area contributed by atoms with Crippen LogP contribution in [-0.4, -0.2) is 105 Å². The molecule has 44 heavy (non-hydrogen) atoms. The van der Waals surface area contributed by atoms with Crippen molar-refractivity contribution in [2.45, 2.75) is 51.5 Å². The highest BCUT2D eigenvalue weighted by Gasteiger charge is 2.30. The minimum absolute atomic E-state index is 0.119. The second kappa shape index (κ2) is 14.0. The van der Waals surface area contributed by atoms with E-state index in [1.165, 1.54) is 10.6 Å². The highest BCUT2D eigenvalue weighted by Crippen LogP contribution is 2.32. The number of fused-ring (bicyclic) bond motifs is 1. The Kier molecular flexibility index (Phi) is 10.1. The number of piperazine rings is 1. The van der Waals surface area contributed by atoms with E-state index in [1.54, 1.807) is 34.6 Å². The van der Waals surface area contributed by atoms with Gasteiger partial charge >= 0.3 is 0 Å². The zero-order chi connectivity index (χ0) is 31.3. The van der Waals surface area contributed by atoms with Gasteiger partial charge in [0.2, 0.25) is 10.0 Å². The molecule has 14 nitrogen and oxygen atoms in total. The number of ether oxygens (including phenoxy) is 2. The van der Waals surface area contributed by atoms with E-state index in [-0.39, 0.29) is 16.2 Å². The third-order valence-corrected chi connectivity index (χ3v) is 9.57. The number of aromatic nitrogens is 7. The van der Waals surface area contributed by atoms with E-state index in [0.717, 1.165) is 25.1 Å². The quantitative estimate of drug-likeness (QED) is 0.206. The van der Waals surface area contributed by atoms with E-state index >= 15 is 0 Å². The molecule has 1 saturated heterocycles. The summed E-state index contributed by atoms with van der Waals surface area (Å²) in [7, 11) is -2.01. The lowest BCUT2D eigenvalue weighted by Crippen LogP contribution is -2.49. The average Bonchev–Trinajstić information content (AvgIpc) is 3.59. The van der Waals surface area contributed by atoms with Crippen LogP contribution < -0.4 is 10.3 Å². The van der Waals surface area contributed by atoms with Crippen LogP contribution in [0, 0.1) is 0 Å². The molecular weight excluding hydrogens is 586 g/mol. The third-order valence-electron chi connectivity index (χ3n) is 7.68. The summed E-state index contributed by atoms with van der Waals surface area (Å²) < 4.78 is 43.9. The molecule has 5 rings (SSSR count). The van der Waals surface area contributed by atoms with Gasteiger partial charge in [-0.05, 0) is 38.0 Å². The van der Waals surface area contributed by atoms with Gasteiger partial charge in [-0.2, -0.15) is 14.5 Å². The van der Waals surface area contributed by atoms with E-state index < -0.39 is 15.6 Å². The summed E-state index contributed by atoms with van der Waals surface area (Å²) in [5, 5.41) is 8.72. The molecule has 1 aliphatic rings. The van der Waals surface area contributed by atoms with Crippen molar-refractivity contribution in [1.82, 2.24) is 43.7 Å². The molecule has 0 saturated carbocycles. The molecule has 4 aromatic rings. The van der Waals surface area contributed by atoms with E-state index in [9.17, 15) is 13.2 Å². The number of benzene rings is 1. The predicted octanol–water partition coefficient (Wildman–Crippen LogP) is 2.05. The molecule has 0 amide bonds. The number of H-pyrrole nitrogens is 1. The van der Waals surface area contributed by atoms with Crippen molar-refractivity contribution in [3.63, 3.8) is 0 Å². The molecule has 0 atom stereocenters. The van der Waals surface area contributed by atoms with E-state index in [0.29, 0.717) is 81.6 Å². The lowest BCUT2D eigenvalue weighted by molar-refractivity contribution is 0.0979. The smallest absolute Gasteiger partial charge is 0.279 e. The highest BCUT2D eigenvalue weighted by molar-refractivity contribution is 7.89. The topological polar surface area (TPSA) is 153 Å². The largest absolute Gasteiger partial charge is 0.493 e. The Balaban J connectivity index is 1.52. The molecule has 0 spiro atoms. The normalized spacial score (nSPS) is 14.9. The number of hydrogen-bond acceptors (Lipinski definition) is 10. The number of sulfonamides is 1. The minimum atomic E-state index is -3.81. The fraction of sp³-hybridized carbons (Fsp3) is 0.552. The summed E-state index contributed by atoms with van der Waals surface area (Å²) in [4.78, 5) is 27.7. The average molecular weight is 628 g/mol. The molecular formula is C29H41N9O5S. The monoisotopic (exact) mass is 627 g/mol. The first-order valence-corrected chi connectivity index (χ1v) is 16.6. The first-order chi connectivity index (χ1) is 21.3. The van der Waals surface area contributed by atoms with Crippen LogP contribution in [0.5, 0.6) is 5.75 Å². The highest BCUT2D eigenvalue weighted by atomic mass is 32.2. The summed E-state index contributed by atoms with van der Waals surface area (Å²) in [6, 6.07) is 4.75. The standard InChI is InChI=1S/C29H41N9O5S/c1-5-8-23-26-27(34-38(23)19-25-30-20-31-35(25)4)29(39)33-28(32-26)22-18-21(9-10-24(22)43-16-6-2)44(40,41)37-13-11-36(12-14-37)15-17-42-7-3/h9-10,18,20H,5-8,11-17,19H2,1-4H3,(H,32,33,39). The summed E-state index contributed by atoms with van der Waals surface area (Å²) in [5.41, 5.74) is 1.45. The van der Waals surface area contributed by atoms with Crippen molar-refractivity contribution >= 4 is 21.1 Å². The fourth-order valence-corrected chi connectivity index (χ4v) is 6.73. The Hall–Kier alpha value is -3.66. The van der Waals surface area contributed by atoms with Gasteiger partial charge in [-0.1, -0.05) is 20.3 Å². The Bertz CT molecular complexity index is 1740.